The number of Topliss-reactive ketones (excluding diaryl/α,β-unsaturated/α-hetero) is 1. The van der Waals surface area contributed by atoms with Gasteiger partial charge in [-0.1, -0.05) is 60.7 Å². The van der Waals surface area contributed by atoms with Gasteiger partial charge in [0, 0.05) is 22.7 Å². The Morgan fingerprint density at radius 2 is 1.50 bits per heavy atom. The molecule has 0 saturated heterocycles. The molecule has 0 aliphatic rings. The molecule has 0 atom stereocenters. The molecule has 0 aliphatic heterocycles. The van der Waals surface area contributed by atoms with Crippen LogP contribution in [0.5, 0.6) is 0 Å². The Morgan fingerprint density at radius 3 is 2.09 bits per heavy atom. The summed E-state index contributed by atoms with van der Waals surface area (Å²) in [5, 5.41) is 20.8. The first-order valence-corrected chi connectivity index (χ1v) is 12.3. The van der Waals surface area contributed by atoms with Crippen molar-refractivity contribution in [2.75, 3.05) is 4.72 Å². The van der Waals surface area contributed by atoms with Crippen molar-refractivity contribution in [1.29, 1.82) is 0 Å². The van der Waals surface area contributed by atoms with E-state index < -0.39 is 15.8 Å². The van der Waals surface area contributed by atoms with Gasteiger partial charge in [-0.3, -0.25) is 9.52 Å². The molecule has 0 spiro atoms. The number of thiazole rings is 1. The minimum atomic E-state index is -3.81. The van der Waals surface area contributed by atoms with Gasteiger partial charge in [0.25, 0.3) is 10.0 Å². The number of sulfonamides is 1. The first kappa shape index (κ1) is 23.0. The second-order valence-corrected chi connectivity index (χ2v) is 9.47. The molecule has 0 saturated carbocycles. The van der Waals surface area contributed by atoms with Crippen LogP contribution < -0.4 is 4.72 Å². The SMILES string of the molecule is O=C(/C(N=Nc1ccc(S(=O)(=O)Nc2nccs2)cc1)=C(\O)c1ccccc1)c1ccccc1. The first-order chi connectivity index (χ1) is 16.4. The predicted octanol–water partition coefficient (Wildman–Crippen LogP) is 5.84. The molecule has 0 bridgehead atoms. The molecule has 10 heteroatoms. The van der Waals surface area contributed by atoms with E-state index >= 15 is 0 Å². The van der Waals surface area contributed by atoms with Crippen molar-refractivity contribution in [2.24, 2.45) is 10.2 Å². The lowest BCUT2D eigenvalue weighted by Crippen LogP contribution is -2.12. The molecule has 0 radical (unpaired) electrons. The van der Waals surface area contributed by atoms with Crippen LogP contribution in [0.3, 0.4) is 0 Å². The van der Waals surface area contributed by atoms with E-state index in [1.807, 2.05) is 0 Å². The number of allylic oxidation sites excluding steroid dienone is 1. The van der Waals surface area contributed by atoms with Gasteiger partial charge in [-0.15, -0.1) is 16.5 Å². The summed E-state index contributed by atoms with van der Waals surface area (Å²) in [6, 6.07) is 22.6. The number of aliphatic hydroxyl groups excluding tert-OH is 1. The van der Waals surface area contributed by atoms with Gasteiger partial charge >= 0.3 is 0 Å². The molecule has 1 heterocycles. The standard InChI is InChI=1S/C24H18N4O4S2/c29-22(17-7-3-1-4-8-17)21(23(30)18-9-5-2-6-10-18)27-26-19-11-13-20(14-12-19)34(31,32)28-24-25-15-16-33-24/h1-16,29H,(H,25,28)/b22-21+,27-26?. The number of nitrogens with zero attached hydrogens (tertiary/aromatic N) is 3. The molecule has 8 nitrogen and oxygen atoms in total. The summed E-state index contributed by atoms with van der Waals surface area (Å²) >= 11 is 1.16. The number of carbonyl (C=O) groups excluding carboxylic acids is 1. The molecular formula is C24H18N4O4S2. The number of anilines is 1. The molecule has 4 aromatic rings. The van der Waals surface area contributed by atoms with E-state index in [4.69, 9.17) is 0 Å². The predicted molar refractivity (Wildman–Crippen MR) is 131 cm³/mol. The maximum absolute atomic E-state index is 13.1. The van der Waals surface area contributed by atoms with Gasteiger partial charge in [0.05, 0.1) is 10.6 Å². The van der Waals surface area contributed by atoms with Crippen molar-refractivity contribution in [3.63, 3.8) is 0 Å². The molecule has 34 heavy (non-hydrogen) atoms. The number of carbonyl (C=O) groups is 1. The Balaban J connectivity index is 1.63. The lowest BCUT2D eigenvalue weighted by molar-refractivity contribution is 0.103. The first-order valence-electron chi connectivity index (χ1n) is 9.96. The van der Waals surface area contributed by atoms with Gasteiger partial charge in [0.2, 0.25) is 5.78 Å². The van der Waals surface area contributed by atoms with E-state index in [-0.39, 0.29) is 21.5 Å². The summed E-state index contributed by atoms with van der Waals surface area (Å²) in [5.41, 5.74) is 0.816. The zero-order valence-corrected chi connectivity index (χ0v) is 19.2. The number of azo groups is 1. The summed E-state index contributed by atoms with van der Waals surface area (Å²) in [4.78, 5) is 17.0. The highest BCUT2D eigenvalue weighted by Gasteiger charge is 2.19. The largest absolute Gasteiger partial charge is 0.505 e. The van der Waals surface area contributed by atoms with E-state index in [1.54, 1.807) is 66.0 Å². The quantitative estimate of drug-likeness (QED) is 0.139. The maximum atomic E-state index is 13.1. The fourth-order valence-corrected chi connectivity index (χ4v) is 4.70. The molecule has 170 valence electrons. The number of nitrogens with one attached hydrogen (secondary N) is 1. The van der Waals surface area contributed by atoms with E-state index in [1.165, 1.54) is 30.5 Å². The van der Waals surface area contributed by atoms with E-state index in [2.05, 4.69) is 19.9 Å². The van der Waals surface area contributed by atoms with E-state index in [0.29, 0.717) is 16.8 Å². The van der Waals surface area contributed by atoms with Crippen LogP contribution in [0.15, 0.2) is 117 Å². The molecule has 0 unspecified atom stereocenters. The zero-order chi connectivity index (χ0) is 24.0. The van der Waals surface area contributed by atoms with Gasteiger partial charge in [-0.2, -0.15) is 5.11 Å². The Morgan fingerprint density at radius 1 is 0.882 bits per heavy atom. The minimum Gasteiger partial charge on any atom is -0.505 e. The van der Waals surface area contributed by atoms with Crippen LogP contribution in [0.1, 0.15) is 15.9 Å². The number of hydrogen-bond donors (Lipinski definition) is 2. The molecular weight excluding hydrogens is 472 g/mol. The van der Waals surface area contributed by atoms with Gasteiger partial charge < -0.3 is 5.11 Å². The van der Waals surface area contributed by atoms with Crippen LogP contribution >= 0.6 is 11.3 Å². The highest BCUT2D eigenvalue weighted by atomic mass is 32.2. The second-order valence-electron chi connectivity index (χ2n) is 6.90. The highest BCUT2D eigenvalue weighted by molar-refractivity contribution is 7.93. The van der Waals surface area contributed by atoms with Crippen molar-refractivity contribution >= 4 is 43.7 Å². The molecule has 0 fully saturated rings. The van der Waals surface area contributed by atoms with Crippen LogP contribution in [0.25, 0.3) is 5.76 Å². The lowest BCUT2D eigenvalue weighted by atomic mass is 10.1. The number of aromatic nitrogens is 1. The topological polar surface area (TPSA) is 121 Å². The molecule has 1 aromatic heterocycles. The van der Waals surface area contributed by atoms with Crippen molar-refractivity contribution in [2.45, 2.75) is 4.90 Å². The average Bonchev–Trinajstić information content (AvgIpc) is 3.37. The third-order valence-corrected chi connectivity index (χ3v) is 6.76. The van der Waals surface area contributed by atoms with E-state index in [0.717, 1.165) is 11.3 Å². The summed E-state index contributed by atoms with van der Waals surface area (Å²) in [7, 11) is -3.81. The highest BCUT2D eigenvalue weighted by Crippen LogP contribution is 2.25. The number of aliphatic hydroxyl groups is 1. The molecule has 2 N–H and O–H groups in total. The third-order valence-electron chi connectivity index (χ3n) is 4.59. The zero-order valence-electron chi connectivity index (χ0n) is 17.6. The molecule has 0 aliphatic carbocycles. The van der Waals surface area contributed by atoms with Crippen molar-refractivity contribution < 1.29 is 18.3 Å². The Bertz CT molecular complexity index is 1430. The van der Waals surface area contributed by atoms with Crippen LogP contribution in [-0.2, 0) is 10.0 Å². The lowest BCUT2D eigenvalue weighted by Gasteiger charge is -2.06. The number of hydrogen-bond acceptors (Lipinski definition) is 8. The number of ketones is 1. The van der Waals surface area contributed by atoms with Crippen LogP contribution in [0, 0.1) is 0 Å². The van der Waals surface area contributed by atoms with Crippen LogP contribution in [-0.4, -0.2) is 24.3 Å². The van der Waals surface area contributed by atoms with Crippen molar-refractivity contribution in [3.05, 3.63) is 113 Å². The Hall–Kier alpha value is -4.15. The van der Waals surface area contributed by atoms with Gasteiger partial charge in [0.1, 0.15) is 0 Å². The molecule has 4 rings (SSSR count). The van der Waals surface area contributed by atoms with Crippen LogP contribution in [0.2, 0.25) is 0 Å². The van der Waals surface area contributed by atoms with Gasteiger partial charge in [-0.05, 0) is 24.3 Å². The second kappa shape index (κ2) is 10.2. The number of benzene rings is 3. The molecule has 0 amide bonds. The van der Waals surface area contributed by atoms with Crippen molar-refractivity contribution in [1.82, 2.24) is 4.98 Å². The summed E-state index contributed by atoms with van der Waals surface area (Å²) in [5.74, 6) is -0.817. The summed E-state index contributed by atoms with van der Waals surface area (Å²) in [6.45, 7) is 0. The normalized spacial score (nSPS) is 12.4. The summed E-state index contributed by atoms with van der Waals surface area (Å²) in [6.07, 6.45) is 1.50. The van der Waals surface area contributed by atoms with Gasteiger partial charge in [0.15, 0.2) is 16.6 Å². The maximum Gasteiger partial charge on any atom is 0.263 e. The van der Waals surface area contributed by atoms with Gasteiger partial charge in [-0.25, -0.2) is 13.4 Å². The summed E-state index contributed by atoms with van der Waals surface area (Å²) < 4.78 is 27.4. The Labute approximate surface area is 200 Å². The van der Waals surface area contributed by atoms with Crippen molar-refractivity contribution in [3.8, 4) is 0 Å². The number of rotatable bonds is 8. The van der Waals surface area contributed by atoms with Crippen LogP contribution in [0.4, 0.5) is 10.8 Å². The van der Waals surface area contributed by atoms with E-state index in [9.17, 15) is 18.3 Å². The smallest absolute Gasteiger partial charge is 0.263 e. The Kier molecular flexibility index (Phi) is 6.90. The fourth-order valence-electron chi connectivity index (χ4n) is 2.91. The minimum absolute atomic E-state index is 0.0184. The third kappa shape index (κ3) is 5.42. The molecule has 3 aromatic carbocycles. The monoisotopic (exact) mass is 490 g/mol. The average molecular weight is 491 g/mol. The fraction of sp³-hybridized carbons (Fsp3) is 0.